The molecular weight excluding hydrogens is 249 g/mol. The largest absolute Gasteiger partial charge is 0.298 e. The molecule has 0 aliphatic rings. The Hall–Kier alpha value is -1.68. The minimum absolute atomic E-state index is 0.136. The monoisotopic (exact) mass is 261 g/mol. The van der Waals surface area contributed by atoms with E-state index in [0.717, 1.165) is 10.5 Å². The number of nitrogens with zero attached hydrogens (tertiary/aromatic N) is 1. The van der Waals surface area contributed by atoms with Crippen LogP contribution in [0.3, 0.4) is 0 Å². The molecule has 4 heteroatoms. The van der Waals surface area contributed by atoms with E-state index in [1.54, 1.807) is 24.5 Å². The number of carbonyl (C=O) groups excluding carboxylic acids is 1. The molecule has 0 amide bonds. The van der Waals surface area contributed by atoms with Crippen LogP contribution in [0.25, 0.3) is 0 Å². The summed E-state index contributed by atoms with van der Waals surface area (Å²) in [5.41, 5.74) is 0.919. The van der Waals surface area contributed by atoms with Gasteiger partial charge < -0.3 is 0 Å². The first-order valence-electron chi connectivity index (χ1n) is 5.53. The van der Waals surface area contributed by atoms with Crippen molar-refractivity contribution in [2.45, 2.75) is 11.3 Å². The first-order chi connectivity index (χ1) is 8.74. The lowest BCUT2D eigenvalue weighted by Crippen LogP contribution is -2.05. The number of Topliss-reactive ketones (excluding diaryl/α,β-unsaturated/α-hetero) is 1. The van der Waals surface area contributed by atoms with Crippen LogP contribution < -0.4 is 0 Å². The van der Waals surface area contributed by atoms with Gasteiger partial charge in [0.15, 0.2) is 0 Å². The first kappa shape index (κ1) is 12.8. The molecule has 2 aromatic rings. The number of aromatic nitrogens is 1. The van der Waals surface area contributed by atoms with Crippen LogP contribution in [-0.2, 0) is 11.2 Å². The fourth-order valence-corrected chi connectivity index (χ4v) is 2.23. The van der Waals surface area contributed by atoms with E-state index in [1.807, 2.05) is 12.1 Å². The van der Waals surface area contributed by atoms with Gasteiger partial charge >= 0.3 is 0 Å². The summed E-state index contributed by atoms with van der Waals surface area (Å²) in [4.78, 5) is 16.6. The molecule has 0 atom stereocenters. The highest BCUT2D eigenvalue weighted by Gasteiger charge is 2.05. The number of carbonyl (C=O) groups is 1. The highest BCUT2D eigenvalue weighted by atomic mass is 32.2. The van der Waals surface area contributed by atoms with Gasteiger partial charge in [0.05, 0.1) is 5.75 Å². The van der Waals surface area contributed by atoms with Crippen LogP contribution in [-0.4, -0.2) is 16.5 Å². The lowest BCUT2D eigenvalue weighted by atomic mass is 10.2. The second-order valence-corrected chi connectivity index (χ2v) is 4.87. The van der Waals surface area contributed by atoms with Crippen molar-refractivity contribution >= 4 is 17.5 Å². The maximum absolute atomic E-state index is 12.7. The van der Waals surface area contributed by atoms with Crippen LogP contribution in [0.5, 0.6) is 0 Å². The number of pyridine rings is 1. The van der Waals surface area contributed by atoms with Gasteiger partial charge in [-0.05, 0) is 35.9 Å². The van der Waals surface area contributed by atoms with Crippen molar-refractivity contribution in [3.8, 4) is 0 Å². The fourth-order valence-electron chi connectivity index (χ4n) is 1.48. The predicted molar refractivity (Wildman–Crippen MR) is 70.1 cm³/mol. The van der Waals surface area contributed by atoms with Gasteiger partial charge in [-0.25, -0.2) is 4.39 Å². The molecule has 0 unspecified atom stereocenters. The van der Waals surface area contributed by atoms with Gasteiger partial charge in [0.25, 0.3) is 0 Å². The fraction of sp³-hybridized carbons (Fsp3) is 0.143. The average molecular weight is 261 g/mol. The van der Waals surface area contributed by atoms with E-state index in [-0.39, 0.29) is 11.6 Å². The standard InChI is InChI=1S/C14H12FNOS/c15-12-3-5-14(6-4-12)18-10-13(17)8-11-2-1-7-16-9-11/h1-7,9H,8,10H2. The van der Waals surface area contributed by atoms with E-state index in [9.17, 15) is 9.18 Å². The van der Waals surface area contributed by atoms with Gasteiger partial charge in [0.1, 0.15) is 11.6 Å². The third-order valence-electron chi connectivity index (χ3n) is 2.34. The van der Waals surface area contributed by atoms with Crippen LogP contribution in [0, 0.1) is 5.82 Å². The normalized spacial score (nSPS) is 10.3. The Morgan fingerprint density at radius 3 is 2.67 bits per heavy atom. The molecule has 0 spiro atoms. The van der Waals surface area contributed by atoms with Crippen molar-refractivity contribution in [2.75, 3.05) is 5.75 Å². The SMILES string of the molecule is O=C(CSc1ccc(F)cc1)Cc1cccnc1. The Morgan fingerprint density at radius 1 is 1.22 bits per heavy atom. The Morgan fingerprint density at radius 2 is 2.00 bits per heavy atom. The average Bonchev–Trinajstić information content (AvgIpc) is 2.39. The zero-order chi connectivity index (χ0) is 12.8. The van der Waals surface area contributed by atoms with Crippen molar-refractivity contribution in [2.24, 2.45) is 0 Å². The minimum atomic E-state index is -0.263. The van der Waals surface area contributed by atoms with Crippen LogP contribution in [0.4, 0.5) is 4.39 Å². The molecular formula is C14H12FNOS. The lowest BCUT2D eigenvalue weighted by molar-refractivity contribution is -0.116. The van der Waals surface area contributed by atoms with E-state index >= 15 is 0 Å². The van der Waals surface area contributed by atoms with Gasteiger partial charge in [-0.3, -0.25) is 9.78 Å². The number of ketones is 1. The first-order valence-corrected chi connectivity index (χ1v) is 6.51. The molecule has 92 valence electrons. The molecule has 18 heavy (non-hydrogen) atoms. The molecule has 2 nitrogen and oxygen atoms in total. The minimum Gasteiger partial charge on any atom is -0.298 e. The van der Waals surface area contributed by atoms with Crippen molar-refractivity contribution in [3.63, 3.8) is 0 Å². The van der Waals surface area contributed by atoms with Crippen LogP contribution in [0.15, 0.2) is 53.7 Å². The molecule has 1 aromatic heterocycles. The summed E-state index contributed by atoms with van der Waals surface area (Å²) in [6.45, 7) is 0. The van der Waals surface area contributed by atoms with Crippen LogP contribution >= 0.6 is 11.8 Å². The summed E-state index contributed by atoms with van der Waals surface area (Å²) in [6, 6.07) is 9.85. The summed E-state index contributed by atoms with van der Waals surface area (Å²) in [7, 11) is 0. The van der Waals surface area contributed by atoms with Crippen molar-refractivity contribution in [1.29, 1.82) is 0 Å². The number of halogens is 1. The second-order valence-electron chi connectivity index (χ2n) is 3.82. The van der Waals surface area contributed by atoms with Crippen molar-refractivity contribution in [1.82, 2.24) is 4.98 Å². The third-order valence-corrected chi connectivity index (χ3v) is 3.41. The Kier molecular flexibility index (Phi) is 4.47. The topological polar surface area (TPSA) is 30.0 Å². The molecule has 1 heterocycles. The number of hydrogen-bond acceptors (Lipinski definition) is 3. The zero-order valence-corrected chi connectivity index (χ0v) is 10.5. The maximum atomic E-state index is 12.7. The maximum Gasteiger partial charge on any atom is 0.147 e. The number of thioether (sulfide) groups is 1. The summed E-state index contributed by atoms with van der Waals surface area (Å²) >= 11 is 1.42. The third kappa shape index (κ3) is 3.96. The van der Waals surface area contributed by atoms with Crippen LogP contribution in [0.1, 0.15) is 5.56 Å². The molecule has 1 aromatic carbocycles. The molecule has 2 rings (SSSR count). The van der Waals surface area contributed by atoms with E-state index in [0.29, 0.717) is 12.2 Å². The number of benzene rings is 1. The van der Waals surface area contributed by atoms with Gasteiger partial charge in [-0.15, -0.1) is 11.8 Å². The van der Waals surface area contributed by atoms with Crippen molar-refractivity contribution < 1.29 is 9.18 Å². The van der Waals surface area contributed by atoms with Gasteiger partial charge in [0, 0.05) is 23.7 Å². The molecule has 0 radical (unpaired) electrons. The lowest BCUT2D eigenvalue weighted by Gasteiger charge is -2.01. The molecule has 0 N–H and O–H groups in total. The number of rotatable bonds is 5. The highest BCUT2D eigenvalue weighted by Crippen LogP contribution is 2.18. The Labute approximate surface area is 109 Å². The van der Waals surface area contributed by atoms with Gasteiger partial charge in [0.2, 0.25) is 0 Å². The summed E-state index contributed by atoms with van der Waals surface area (Å²) < 4.78 is 12.7. The summed E-state index contributed by atoms with van der Waals surface area (Å²) in [5.74, 6) is 0.263. The molecule has 0 fully saturated rings. The zero-order valence-electron chi connectivity index (χ0n) is 9.67. The Balaban J connectivity index is 1.83. The van der Waals surface area contributed by atoms with Crippen molar-refractivity contribution in [3.05, 3.63) is 60.2 Å². The van der Waals surface area contributed by atoms with E-state index in [1.165, 1.54) is 23.9 Å². The second kappa shape index (κ2) is 6.31. The van der Waals surface area contributed by atoms with E-state index in [4.69, 9.17) is 0 Å². The molecule has 0 saturated heterocycles. The quantitative estimate of drug-likeness (QED) is 0.775. The molecule has 0 aliphatic heterocycles. The van der Waals surface area contributed by atoms with E-state index in [2.05, 4.69) is 4.98 Å². The van der Waals surface area contributed by atoms with Gasteiger partial charge in [-0.1, -0.05) is 6.07 Å². The molecule has 0 aliphatic carbocycles. The predicted octanol–water partition coefficient (Wildman–Crippen LogP) is 3.12. The summed E-state index contributed by atoms with van der Waals surface area (Å²) in [5, 5.41) is 0. The van der Waals surface area contributed by atoms with E-state index < -0.39 is 0 Å². The van der Waals surface area contributed by atoms with Crippen LogP contribution in [0.2, 0.25) is 0 Å². The number of hydrogen-bond donors (Lipinski definition) is 0. The molecule has 0 bridgehead atoms. The Bertz CT molecular complexity index is 513. The van der Waals surface area contributed by atoms with Gasteiger partial charge in [-0.2, -0.15) is 0 Å². The summed E-state index contributed by atoms with van der Waals surface area (Å²) in [6.07, 6.45) is 3.77. The highest BCUT2D eigenvalue weighted by molar-refractivity contribution is 8.00. The molecule has 0 saturated carbocycles. The smallest absolute Gasteiger partial charge is 0.147 e.